The lowest BCUT2D eigenvalue weighted by atomic mass is 9.93. The van der Waals surface area contributed by atoms with Crippen molar-refractivity contribution in [2.75, 3.05) is 5.32 Å². The average molecular weight is 323 g/mol. The quantitative estimate of drug-likeness (QED) is 0.844. The number of nitrogens with two attached hydrogens (primary N) is 1. The predicted molar refractivity (Wildman–Crippen MR) is 85.6 cm³/mol. The minimum atomic E-state index is -0.638. The number of benzene rings is 1. The molecule has 0 aliphatic heterocycles. The predicted octanol–water partition coefficient (Wildman–Crippen LogP) is 2.34. The highest BCUT2D eigenvalue weighted by atomic mass is 19.1. The summed E-state index contributed by atoms with van der Waals surface area (Å²) in [5, 5.41) is 16.6. The second kappa shape index (κ2) is 6.43. The number of carbonyl (C=O) groups excluding carboxylic acids is 1. The maximum absolute atomic E-state index is 13.0. The number of anilines is 2. The molecule has 1 amide bonds. The first-order valence-corrected chi connectivity index (χ1v) is 7.38. The van der Waals surface area contributed by atoms with Crippen LogP contribution in [-0.2, 0) is 0 Å². The third kappa shape index (κ3) is 3.06. The molecule has 0 spiro atoms. The molecule has 0 bridgehead atoms. The Morgan fingerprint density at radius 2 is 2.21 bits per heavy atom. The van der Waals surface area contributed by atoms with E-state index in [9.17, 15) is 14.4 Å². The summed E-state index contributed by atoms with van der Waals surface area (Å²) < 4.78 is 14.6. The third-order valence-corrected chi connectivity index (χ3v) is 3.79. The minimum absolute atomic E-state index is 0.203. The van der Waals surface area contributed by atoms with E-state index >= 15 is 0 Å². The molecule has 6 nitrogen and oxygen atoms in total. The molecule has 1 aromatic carbocycles. The molecule has 0 saturated heterocycles. The van der Waals surface area contributed by atoms with Gasteiger partial charge in [-0.3, -0.25) is 9.48 Å². The van der Waals surface area contributed by atoms with Crippen LogP contribution in [0, 0.1) is 34.9 Å². The number of nitriles is 1. The van der Waals surface area contributed by atoms with Crippen LogP contribution in [0.4, 0.5) is 15.9 Å². The lowest BCUT2D eigenvalue weighted by Gasteiger charge is -2.20. The topological polar surface area (TPSA) is 96.7 Å². The first kappa shape index (κ1) is 15.6. The molecule has 1 aliphatic rings. The summed E-state index contributed by atoms with van der Waals surface area (Å²) in [4.78, 5) is 11.7. The second-order valence-corrected chi connectivity index (χ2v) is 5.40. The number of nitrogens with one attached hydrogen (secondary N) is 1. The van der Waals surface area contributed by atoms with Gasteiger partial charge < -0.3 is 11.1 Å². The van der Waals surface area contributed by atoms with Crippen LogP contribution in [-0.4, -0.2) is 15.7 Å². The van der Waals surface area contributed by atoms with Gasteiger partial charge in [0.15, 0.2) is 5.82 Å². The summed E-state index contributed by atoms with van der Waals surface area (Å²) in [6, 6.07) is 7.57. The fourth-order valence-electron chi connectivity index (χ4n) is 2.57. The molecule has 7 heteroatoms. The van der Waals surface area contributed by atoms with Gasteiger partial charge in [-0.1, -0.05) is 5.92 Å². The maximum Gasteiger partial charge on any atom is 0.254 e. The molecule has 2 aromatic rings. The number of hydrogen-bond donors (Lipinski definition) is 2. The first-order valence-electron chi connectivity index (χ1n) is 7.38. The van der Waals surface area contributed by atoms with Crippen LogP contribution >= 0.6 is 0 Å². The normalized spacial score (nSPS) is 19.0. The zero-order valence-corrected chi connectivity index (χ0v) is 12.7. The van der Waals surface area contributed by atoms with E-state index in [4.69, 9.17) is 5.73 Å². The van der Waals surface area contributed by atoms with Gasteiger partial charge in [-0.25, -0.2) is 4.39 Å². The van der Waals surface area contributed by atoms with Crippen LogP contribution in [0.25, 0.3) is 0 Å². The van der Waals surface area contributed by atoms with Crippen molar-refractivity contribution >= 4 is 17.4 Å². The Balaban J connectivity index is 1.94. The molecule has 24 heavy (non-hydrogen) atoms. The summed E-state index contributed by atoms with van der Waals surface area (Å²) in [5.74, 6) is 4.58. The van der Waals surface area contributed by atoms with E-state index in [0.29, 0.717) is 18.5 Å². The van der Waals surface area contributed by atoms with Crippen LogP contribution in [0.1, 0.15) is 29.2 Å². The fraction of sp³-hybridized carbons (Fsp3) is 0.235. The van der Waals surface area contributed by atoms with Gasteiger partial charge in [0.2, 0.25) is 0 Å². The third-order valence-electron chi connectivity index (χ3n) is 3.79. The van der Waals surface area contributed by atoms with Crippen LogP contribution < -0.4 is 11.1 Å². The highest BCUT2D eigenvalue weighted by Gasteiger charge is 2.26. The lowest BCUT2D eigenvalue weighted by Crippen LogP contribution is -2.20. The van der Waals surface area contributed by atoms with Crippen LogP contribution in [0.3, 0.4) is 0 Å². The van der Waals surface area contributed by atoms with Crippen molar-refractivity contribution in [3.8, 4) is 17.9 Å². The summed E-state index contributed by atoms with van der Waals surface area (Å²) in [5.41, 5.74) is 6.19. The van der Waals surface area contributed by atoms with E-state index in [-0.39, 0.29) is 23.2 Å². The molecule has 3 N–H and O–H groups in total. The number of nitrogens with zero attached hydrogens (tertiary/aromatic N) is 3. The Labute approximate surface area is 138 Å². The zero-order chi connectivity index (χ0) is 17.1. The molecule has 3 rings (SSSR count). The van der Waals surface area contributed by atoms with Crippen molar-refractivity contribution in [3.05, 3.63) is 41.8 Å². The number of primary amides is 1. The summed E-state index contributed by atoms with van der Waals surface area (Å²) in [7, 11) is 0. The summed E-state index contributed by atoms with van der Waals surface area (Å²) in [6.07, 6.45) is 2.85. The van der Waals surface area contributed by atoms with Crippen LogP contribution in [0.15, 0.2) is 30.5 Å². The highest BCUT2D eigenvalue weighted by Crippen LogP contribution is 2.28. The Hall–Kier alpha value is -3.32. The van der Waals surface area contributed by atoms with Crippen molar-refractivity contribution in [1.82, 2.24) is 9.78 Å². The Morgan fingerprint density at radius 1 is 1.46 bits per heavy atom. The number of hydrogen-bond acceptors (Lipinski definition) is 4. The Bertz CT molecular complexity index is 869. The van der Waals surface area contributed by atoms with Gasteiger partial charge in [0.1, 0.15) is 17.3 Å². The molecule has 0 saturated carbocycles. The Kier molecular flexibility index (Phi) is 4.17. The average Bonchev–Trinajstić information content (AvgIpc) is 3.01. The number of aromatic nitrogens is 2. The molecule has 1 aromatic heterocycles. The molecule has 120 valence electrons. The first-order chi connectivity index (χ1) is 11.6. The van der Waals surface area contributed by atoms with Gasteiger partial charge in [0, 0.05) is 18.3 Å². The molecular weight excluding hydrogens is 309 g/mol. The molecular formula is C17H14FN5O. The van der Waals surface area contributed by atoms with Gasteiger partial charge in [-0.15, -0.1) is 5.92 Å². The molecule has 2 atom stereocenters. The monoisotopic (exact) mass is 323 g/mol. The molecule has 0 fully saturated rings. The van der Waals surface area contributed by atoms with Crippen LogP contribution in [0.2, 0.25) is 0 Å². The van der Waals surface area contributed by atoms with Crippen molar-refractivity contribution in [2.24, 2.45) is 11.7 Å². The minimum Gasteiger partial charge on any atom is -0.365 e. The molecule has 0 radical (unpaired) electrons. The Morgan fingerprint density at radius 3 is 2.88 bits per heavy atom. The standard InChI is InChI=1S/C17H14FN5O/c18-12-5-7-13(8-6-12)21-17-14(16(20)24)10-23(22-17)15-4-2-1-3-11(15)9-19/h5-8,10-11,15H,2,4H2,(H2,20,24)(H,21,22). The number of rotatable bonds is 4. The molecule has 1 heterocycles. The highest BCUT2D eigenvalue weighted by molar-refractivity contribution is 5.98. The van der Waals surface area contributed by atoms with E-state index in [1.807, 2.05) is 0 Å². The summed E-state index contributed by atoms with van der Waals surface area (Å²) >= 11 is 0. The van der Waals surface area contributed by atoms with Gasteiger partial charge in [-0.2, -0.15) is 10.4 Å². The van der Waals surface area contributed by atoms with Gasteiger partial charge in [-0.05, 0) is 30.7 Å². The largest absolute Gasteiger partial charge is 0.365 e. The van der Waals surface area contributed by atoms with Gasteiger partial charge in [0.05, 0.1) is 12.1 Å². The number of carbonyl (C=O) groups is 1. The molecule has 1 aliphatic carbocycles. The SMILES string of the molecule is N#CC1C#CCCC1n1cc(C(N)=O)c(Nc2ccc(F)cc2)n1. The zero-order valence-electron chi connectivity index (χ0n) is 12.7. The van der Waals surface area contributed by atoms with Crippen molar-refractivity contribution < 1.29 is 9.18 Å². The molecule has 2 unspecified atom stereocenters. The lowest BCUT2D eigenvalue weighted by molar-refractivity contribution is 0.100. The fourth-order valence-corrected chi connectivity index (χ4v) is 2.57. The van der Waals surface area contributed by atoms with E-state index < -0.39 is 11.8 Å². The number of halogens is 1. The van der Waals surface area contributed by atoms with Crippen molar-refractivity contribution in [1.29, 1.82) is 5.26 Å². The van der Waals surface area contributed by atoms with Crippen molar-refractivity contribution in [3.63, 3.8) is 0 Å². The maximum atomic E-state index is 13.0. The van der Waals surface area contributed by atoms with E-state index in [1.165, 1.54) is 30.5 Å². The van der Waals surface area contributed by atoms with Crippen LogP contribution in [0.5, 0.6) is 0 Å². The van der Waals surface area contributed by atoms with E-state index in [2.05, 4.69) is 28.3 Å². The van der Waals surface area contributed by atoms with Crippen molar-refractivity contribution in [2.45, 2.75) is 18.9 Å². The second-order valence-electron chi connectivity index (χ2n) is 5.40. The van der Waals surface area contributed by atoms with Gasteiger partial charge >= 0.3 is 0 Å². The smallest absolute Gasteiger partial charge is 0.254 e. The number of amides is 1. The van der Waals surface area contributed by atoms with E-state index in [1.54, 1.807) is 4.68 Å². The van der Waals surface area contributed by atoms with Gasteiger partial charge in [0.25, 0.3) is 5.91 Å². The van der Waals surface area contributed by atoms with E-state index in [0.717, 1.165) is 0 Å². The summed E-state index contributed by atoms with van der Waals surface area (Å²) in [6.45, 7) is 0.